The molecule has 4 aliphatic rings. The molecule has 0 nitrogen and oxygen atoms in total. The van der Waals surface area contributed by atoms with Gasteiger partial charge in [0.05, 0.1) is 0 Å². The molecule has 0 bridgehead atoms. The van der Waals surface area contributed by atoms with Crippen molar-refractivity contribution < 1.29 is 19.5 Å². The first-order valence-electron chi connectivity index (χ1n) is 7.58. The second kappa shape index (κ2) is 7.39. The van der Waals surface area contributed by atoms with Gasteiger partial charge in [0.15, 0.2) is 0 Å². The molecule has 0 aromatic carbocycles. The largest absolute Gasteiger partial charge is 0.0767 e. The van der Waals surface area contributed by atoms with Crippen LogP contribution in [0.5, 0.6) is 0 Å². The fourth-order valence-electron chi connectivity index (χ4n) is 3.58. The van der Waals surface area contributed by atoms with Crippen molar-refractivity contribution in [3.05, 3.63) is 53.0 Å². The summed E-state index contributed by atoms with van der Waals surface area (Å²) in [6.07, 6.45) is 22.9. The predicted octanol–water partition coefficient (Wildman–Crippen LogP) is 5.45. The third-order valence-corrected chi connectivity index (χ3v) is 4.47. The van der Waals surface area contributed by atoms with Crippen LogP contribution < -0.4 is 0 Å². The molecule has 0 unspecified atom stereocenters. The van der Waals surface area contributed by atoms with E-state index in [4.69, 9.17) is 0 Å². The molecule has 0 heterocycles. The van der Waals surface area contributed by atoms with Gasteiger partial charge in [-0.25, -0.2) is 0 Å². The van der Waals surface area contributed by atoms with Crippen LogP contribution in [0.3, 0.4) is 0 Å². The summed E-state index contributed by atoms with van der Waals surface area (Å²) in [6, 6.07) is 0. The monoisotopic (exact) mass is 342 g/mol. The zero-order valence-electron chi connectivity index (χ0n) is 11.6. The second-order valence-electron chi connectivity index (χ2n) is 5.64. The van der Waals surface area contributed by atoms with E-state index in [2.05, 4.69) is 0 Å². The maximum atomic E-state index is 2.00. The van der Waals surface area contributed by atoms with Gasteiger partial charge in [-0.05, 0) is 73.7 Å². The maximum absolute atomic E-state index is 2.00. The van der Waals surface area contributed by atoms with Crippen molar-refractivity contribution in [2.45, 2.75) is 57.8 Å². The van der Waals surface area contributed by atoms with E-state index in [9.17, 15) is 0 Å². The van der Waals surface area contributed by atoms with Crippen LogP contribution >= 0.6 is 0 Å². The van der Waals surface area contributed by atoms with Crippen molar-refractivity contribution in [3.8, 4) is 0 Å². The van der Waals surface area contributed by atoms with Gasteiger partial charge in [-0.15, -0.1) is 0 Å². The first kappa shape index (κ1) is 15.0. The molecule has 0 spiro atoms. The van der Waals surface area contributed by atoms with Gasteiger partial charge >= 0.3 is 0 Å². The molecule has 104 valence electrons. The quantitative estimate of drug-likeness (QED) is 0.514. The van der Waals surface area contributed by atoms with E-state index in [1.807, 2.05) is 53.0 Å². The molecule has 0 amide bonds. The fraction of sp³-hybridized carbons (Fsp3) is 0.500. The van der Waals surface area contributed by atoms with Crippen LogP contribution in [0.25, 0.3) is 0 Å². The predicted molar refractivity (Wildman–Crippen MR) is 78.2 cm³/mol. The minimum absolute atomic E-state index is 0. The molecule has 0 saturated heterocycles. The Bertz CT molecular complexity index is 397. The Balaban J connectivity index is 0.000000190. The van der Waals surface area contributed by atoms with Gasteiger partial charge in [0.1, 0.15) is 0 Å². The van der Waals surface area contributed by atoms with Crippen molar-refractivity contribution in [3.63, 3.8) is 0 Å². The summed E-state index contributed by atoms with van der Waals surface area (Å²) in [7, 11) is 0. The zero-order chi connectivity index (χ0) is 12.2. The van der Waals surface area contributed by atoms with Gasteiger partial charge in [0.2, 0.25) is 0 Å². The first-order chi connectivity index (χ1) is 8.97. The fourth-order valence-corrected chi connectivity index (χ4v) is 3.58. The minimum Gasteiger partial charge on any atom is -0.0767 e. The summed E-state index contributed by atoms with van der Waals surface area (Å²) in [5.74, 6) is 0. The number of hydrogen-bond acceptors (Lipinski definition) is 0. The number of fused-ring (bicyclic) bond motifs is 2. The number of allylic oxidation sites excluding steroid dienone is 8. The average molecular weight is 342 g/mol. The van der Waals surface area contributed by atoms with Crippen molar-refractivity contribution in [2.24, 2.45) is 0 Å². The van der Waals surface area contributed by atoms with Crippen LogP contribution in [0.2, 0.25) is 0 Å². The SMILES string of the molecule is C1CCC2=C(CC1)C1=C2CCCC1.[CH]1C=CC=C1.[Rh]. The molecule has 0 fully saturated rings. The molecule has 19 heavy (non-hydrogen) atoms. The van der Waals surface area contributed by atoms with E-state index in [0.29, 0.717) is 0 Å². The first-order valence-corrected chi connectivity index (χ1v) is 7.58. The normalized spacial score (nSPS) is 23.6. The van der Waals surface area contributed by atoms with Crippen LogP contribution in [0, 0.1) is 6.42 Å². The van der Waals surface area contributed by atoms with Gasteiger partial charge in [0, 0.05) is 25.9 Å². The van der Waals surface area contributed by atoms with E-state index in [1.54, 1.807) is 0 Å². The summed E-state index contributed by atoms with van der Waals surface area (Å²) in [5, 5.41) is 0. The van der Waals surface area contributed by atoms with E-state index in [-0.39, 0.29) is 19.5 Å². The Labute approximate surface area is 130 Å². The Kier molecular flexibility index (Phi) is 5.83. The Morgan fingerprint density at radius 3 is 1.16 bits per heavy atom. The van der Waals surface area contributed by atoms with Crippen molar-refractivity contribution in [1.29, 1.82) is 0 Å². The van der Waals surface area contributed by atoms with Gasteiger partial charge in [-0.1, -0.05) is 30.7 Å². The van der Waals surface area contributed by atoms with E-state index in [1.165, 1.54) is 57.8 Å². The summed E-state index contributed by atoms with van der Waals surface area (Å²) in [6.45, 7) is 0. The van der Waals surface area contributed by atoms with Crippen LogP contribution in [-0.4, -0.2) is 0 Å². The molecule has 0 aromatic rings. The van der Waals surface area contributed by atoms with Crippen LogP contribution in [0.15, 0.2) is 46.6 Å². The molecule has 0 atom stereocenters. The van der Waals surface area contributed by atoms with Crippen molar-refractivity contribution >= 4 is 0 Å². The van der Waals surface area contributed by atoms with E-state index >= 15 is 0 Å². The van der Waals surface area contributed by atoms with Crippen molar-refractivity contribution in [2.75, 3.05) is 0 Å². The molecule has 2 radical (unpaired) electrons. The molecule has 4 aliphatic carbocycles. The Morgan fingerprint density at radius 2 is 0.842 bits per heavy atom. The molecular weight excluding hydrogens is 319 g/mol. The summed E-state index contributed by atoms with van der Waals surface area (Å²) < 4.78 is 0. The molecular formula is C18H23Rh. The molecule has 4 rings (SSSR count). The van der Waals surface area contributed by atoms with Gasteiger partial charge in [0.25, 0.3) is 0 Å². The summed E-state index contributed by atoms with van der Waals surface area (Å²) in [5.41, 5.74) is 7.24. The second-order valence-corrected chi connectivity index (χ2v) is 5.64. The van der Waals surface area contributed by atoms with E-state index in [0.717, 1.165) is 0 Å². The topological polar surface area (TPSA) is 0 Å². The zero-order valence-corrected chi connectivity index (χ0v) is 13.2. The minimum atomic E-state index is 0. The summed E-state index contributed by atoms with van der Waals surface area (Å²) in [4.78, 5) is 0. The molecule has 0 N–H and O–H groups in total. The molecule has 0 aromatic heterocycles. The third-order valence-electron chi connectivity index (χ3n) is 4.47. The summed E-state index contributed by atoms with van der Waals surface area (Å²) >= 11 is 0. The van der Waals surface area contributed by atoms with Gasteiger partial charge < -0.3 is 0 Å². The molecule has 1 heteroatoms. The van der Waals surface area contributed by atoms with Crippen LogP contribution in [0.1, 0.15) is 57.8 Å². The third kappa shape index (κ3) is 3.37. The van der Waals surface area contributed by atoms with Gasteiger partial charge in [-0.3, -0.25) is 0 Å². The Hall–Kier alpha value is -0.417. The van der Waals surface area contributed by atoms with Crippen LogP contribution in [0.4, 0.5) is 0 Å². The Morgan fingerprint density at radius 1 is 0.474 bits per heavy atom. The number of rotatable bonds is 0. The maximum Gasteiger partial charge on any atom is 0.00506 e. The smallest absolute Gasteiger partial charge is 0.00506 e. The van der Waals surface area contributed by atoms with Crippen molar-refractivity contribution in [1.82, 2.24) is 0 Å². The van der Waals surface area contributed by atoms with E-state index < -0.39 is 0 Å². The molecule has 0 aliphatic heterocycles. The number of hydrogen-bond donors (Lipinski definition) is 0. The standard InChI is InChI=1S/C13H18.C5H5.Rh/c1-2-6-10-11(7-3-1)13-9-5-4-8-12(10)13;1-2-4-5-3-1;/h1-9H2;1-5H;. The molecule has 0 saturated carbocycles. The van der Waals surface area contributed by atoms with Crippen LogP contribution in [-0.2, 0) is 19.5 Å². The average Bonchev–Trinajstić information content (AvgIpc) is 2.91. The van der Waals surface area contributed by atoms with Gasteiger partial charge in [-0.2, -0.15) is 0 Å².